The highest BCUT2D eigenvalue weighted by Gasteiger charge is 2.18. The van der Waals surface area contributed by atoms with E-state index in [1.54, 1.807) is 53.9 Å². The third kappa shape index (κ3) is 8.02. The maximum absolute atomic E-state index is 13.9. The van der Waals surface area contributed by atoms with Crippen molar-refractivity contribution in [1.29, 1.82) is 0 Å². The molecule has 196 valence electrons. The Morgan fingerprint density at radius 3 is 2.50 bits per heavy atom. The van der Waals surface area contributed by atoms with E-state index in [0.717, 1.165) is 17.5 Å². The highest BCUT2D eigenvalue weighted by Crippen LogP contribution is 2.24. The molecule has 0 saturated carbocycles. The van der Waals surface area contributed by atoms with Crippen molar-refractivity contribution in [3.05, 3.63) is 107 Å². The third-order valence-corrected chi connectivity index (χ3v) is 6.69. The number of rotatable bonds is 14. The summed E-state index contributed by atoms with van der Waals surface area (Å²) in [4.78, 5) is 30.1. The number of aliphatic carboxylic acids is 1. The normalized spacial score (nSPS) is 11.9. The van der Waals surface area contributed by atoms with Crippen LogP contribution in [0.4, 0.5) is 0 Å². The molecular weight excluding hydrogens is 496 g/mol. The summed E-state index contributed by atoms with van der Waals surface area (Å²) in [6.07, 6.45) is 3.68. The summed E-state index contributed by atoms with van der Waals surface area (Å²) in [7, 11) is 0. The molecule has 0 spiro atoms. The lowest BCUT2D eigenvalue weighted by molar-refractivity contribution is -0.137. The third-order valence-electron chi connectivity index (χ3n) is 6.00. The number of pyridine rings is 1. The number of thiophene rings is 1. The lowest BCUT2D eigenvalue weighted by atomic mass is 10.1. The van der Waals surface area contributed by atoms with Gasteiger partial charge in [-0.1, -0.05) is 36.4 Å². The molecule has 0 aliphatic rings. The van der Waals surface area contributed by atoms with Gasteiger partial charge in [0.05, 0.1) is 6.61 Å². The van der Waals surface area contributed by atoms with Crippen molar-refractivity contribution in [3.8, 4) is 16.9 Å². The predicted molar refractivity (Wildman–Crippen MR) is 150 cm³/mol. The molecule has 0 aliphatic carbocycles. The fraction of sp³-hybridized carbons (Fsp3) is 0.258. The van der Waals surface area contributed by atoms with Crippen molar-refractivity contribution in [2.24, 2.45) is 0 Å². The number of carboxylic acid groups (broad SMARTS) is 1. The highest BCUT2D eigenvalue weighted by atomic mass is 32.1. The van der Waals surface area contributed by atoms with Gasteiger partial charge in [0.1, 0.15) is 5.75 Å². The summed E-state index contributed by atoms with van der Waals surface area (Å²) >= 11 is 1.60. The van der Waals surface area contributed by atoms with E-state index in [-0.39, 0.29) is 19.4 Å². The van der Waals surface area contributed by atoms with Crippen LogP contribution in [0.25, 0.3) is 11.1 Å². The number of para-hydroxylation sites is 1. The average molecular weight is 531 g/mol. The summed E-state index contributed by atoms with van der Waals surface area (Å²) in [6, 6.07) is 21.9. The van der Waals surface area contributed by atoms with Gasteiger partial charge in [-0.25, -0.2) is 0 Å². The Kier molecular flexibility index (Phi) is 9.04. The lowest BCUT2D eigenvalue weighted by Gasteiger charge is -2.24. The number of carbonyl (C=O) groups excluding carboxylic acids is 1. The molecule has 1 amide bonds. The maximum atomic E-state index is 13.9. The summed E-state index contributed by atoms with van der Waals surface area (Å²) < 4.78 is 23.9. The first kappa shape index (κ1) is 24.4. The second-order valence-electron chi connectivity index (χ2n) is 8.80. The molecule has 0 unspecified atom stereocenters. The van der Waals surface area contributed by atoms with Crippen LogP contribution in [0.3, 0.4) is 0 Å². The van der Waals surface area contributed by atoms with Crippen molar-refractivity contribution in [2.75, 3.05) is 13.1 Å². The SMILES string of the molecule is [2H]C([2H])(Cc1ccccn1)N(Cc1ccccc1OCCCCCC(=O)O)C(=O)c1ccc(-c2ccsc2)cc1. The van der Waals surface area contributed by atoms with Crippen LogP contribution in [0.2, 0.25) is 0 Å². The summed E-state index contributed by atoms with van der Waals surface area (Å²) in [6.45, 7) is -1.64. The summed E-state index contributed by atoms with van der Waals surface area (Å²) in [5.74, 6) is -0.668. The number of aromatic nitrogens is 1. The Hall–Kier alpha value is -3.97. The van der Waals surface area contributed by atoms with Gasteiger partial charge in [0.15, 0.2) is 0 Å². The molecule has 0 atom stereocenters. The molecule has 4 aromatic rings. The number of hydrogen-bond donors (Lipinski definition) is 1. The van der Waals surface area contributed by atoms with E-state index >= 15 is 0 Å². The number of hydrogen-bond acceptors (Lipinski definition) is 5. The zero-order chi connectivity index (χ0) is 28.4. The predicted octanol–water partition coefficient (Wildman–Crippen LogP) is 6.72. The van der Waals surface area contributed by atoms with Gasteiger partial charge >= 0.3 is 5.97 Å². The van der Waals surface area contributed by atoms with Gasteiger partial charge < -0.3 is 14.7 Å². The topological polar surface area (TPSA) is 79.7 Å². The van der Waals surface area contributed by atoms with Crippen molar-refractivity contribution in [1.82, 2.24) is 9.88 Å². The monoisotopic (exact) mass is 530 g/mol. The average Bonchev–Trinajstić information content (AvgIpc) is 3.49. The van der Waals surface area contributed by atoms with Gasteiger partial charge in [0.2, 0.25) is 0 Å². The molecule has 38 heavy (non-hydrogen) atoms. The van der Waals surface area contributed by atoms with Gasteiger partial charge in [-0.15, -0.1) is 0 Å². The van der Waals surface area contributed by atoms with Crippen LogP contribution in [-0.4, -0.2) is 40.0 Å². The molecule has 4 rings (SSSR count). The lowest BCUT2D eigenvalue weighted by Crippen LogP contribution is -2.32. The van der Waals surface area contributed by atoms with Gasteiger partial charge in [-0.05, 0) is 77.5 Å². The van der Waals surface area contributed by atoms with E-state index in [1.165, 1.54) is 4.90 Å². The number of nitrogens with zero attached hydrogens (tertiary/aromatic N) is 2. The Balaban J connectivity index is 1.55. The summed E-state index contributed by atoms with van der Waals surface area (Å²) in [5.41, 5.74) is 3.68. The highest BCUT2D eigenvalue weighted by molar-refractivity contribution is 7.08. The molecule has 7 heteroatoms. The molecule has 0 saturated heterocycles. The molecule has 2 heterocycles. The second kappa shape index (κ2) is 14.1. The number of aryl methyl sites for hydroxylation is 1. The molecule has 0 fully saturated rings. The Morgan fingerprint density at radius 2 is 1.76 bits per heavy atom. The first-order valence-corrected chi connectivity index (χ1v) is 13.5. The molecule has 0 bridgehead atoms. The number of benzene rings is 2. The van der Waals surface area contributed by atoms with Gasteiger partial charge in [0.25, 0.3) is 5.91 Å². The van der Waals surface area contributed by atoms with Crippen molar-refractivity contribution in [2.45, 2.75) is 38.6 Å². The van der Waals surface area contributed by atoms with Crippen LogP contribution in [-0.2, 0) is 17.8 Å². The number of carboxylic acids is 1. The number of ether oxygens (including phenoxy) is 1. The molecule has 0 radical (unpaired) electrons. The smallest absolute Gasteiger partial charge is 0.303 e. The molecule has 0 aliphatic heterocycles. The molecule has 1 N–H and O–H groups in total. The molecular formula is C31H32N2O4S. The quantitative estimate of drug-likeness (QED) is 0.183. The first-order valence-electron chi connectivity index (χ1n) is 13.6. The van der Waals surface area contributed by atoms with Crippen molar-refractivity contribution < 1.29 is 22.2 Å². The zero-order valence-corrected chi connectivity index (χ0v) is 21.9. The number of amides is 1. The Labute approximate surface area is 230 Å². The van der Waals surface area contributed by atoms with Crippen molar-refractivity contribution in [3.63, 3.8) is 0 Å². The van der Waals surface area contributed by atoms with Gasteiger partial charge in [-0.3, -0.25) is 14.6 Å². The van der Waals surface area contributed by atoms with Gasteiger partial charge in [0, 0.05) is 51.6 Å². The number of carbonyl (C=O) groups is 2. The summed E-state index contributed by atoms with van der Waals surface area (Å²) in [5, 5.41) is 12.9. The van der Waals surface area contributed by atoms with Crippen LogP contribution in [0.15, 0.2) is 89.8 Å². The molecule has 6 nitrogen and oxygen atoms in total. The minimum absolute atomic E-state index is 0.000135. The standard InChI is InChI=1S/C31H32N2O4S/c34-30(35)11-2-1-7-20-37-29-10-4-3-8-26(29)22-33(19-16-28-9-5-6-18-32-28)31(36)25-14-12-24(13-15-25)27-17-21-38-23-27/h3-6,8-10,12-15,17-18,21,23H,1-2,7,11,16,19-20,22H2,(H,34,35)/i19D2. The number of unbranched alkanes of at least 4 members (excludes halogenated alkanes) is 2. The Bertz CT molecular complexity index is 1380. The zero-order valence-electron chi connectivity index (χ0n) is 23.1. The van der Waals surface area contributed by atoms with Gasteiger partial charge in [-0.2, -0.15) is 11.3 Å². The van der Waals surface area contributed by atoms with E-state index in [9.17, 15) is 9.59 Å². The molecule has 2 aromatic carbocycles. The van der Waals surface area contributed by atoms with E-state index < -0.39 is 18.4 Å². The largest absolute Gasteiger partial charge is 0.493 e. The van der Waals surface area contributed by atoms with Crippen LogP contribution >= 0.6 is 11.3 Å². The first-order chi connectivity index (χ1) is 19.3. The second-order valence-corrected chi connectivity index (χ2v) is 9.58. The Morgan fingerprint density at radius 1 is 0.947 bits per heavy atom. The van der Waals surface area contributed by atoms with Crippen LogP contribution < -0.4 is 4.74 Å². The van der Waals surface area contributed by atoms with E-state index in [1.807, 2.05) is 47.2 Å². The minimum atomic E-state index is -2.04. The van der Waals surface area contributed by atoms with Crippen molar-refractivity contribution >= 4 is 23.2 Å². The van der Waals surface area contributed by atoms with Crippen LogP contribution in [0, 0.1) is 0 Å². The molecule has 2 aromatic heterocycles. The van der Waals surface area contributed by atoms with Crippen LogP contribution in [0.1, 0.15) is 50.0 Å². The van der Waals surface area contributed by atoms with E-state index in [0.29, 0.717) is 42.0 Å². The van der Waals surface area contributed by atoms with E-state index in [4.69, 9.17) is 12.6 Å². The van der Waals surface area contributed by atoms with Crippen LogP contribution in [0.5, 0.6) is 5.75 Å². The fourth-order valence-electron chi connectivity index (χ4n) is 3.95. The fourth-order valence-corrected chi connectivity index (χ4v) is 4.62. The maximum Gasteiger partial charge on any atom is 0.303 e. The minimum Gasteiger partial charge on any atom is -0.493 e. The van der Waals surface area contributed by atoms with E-state index in [2.05, 4.69) is 4.98 Å².